The minimum Gasteiger partial charge on any atom is -0.382 e. The highest BCUT2D eigenvalue weighted by Crippen LogP contribution is 2.36. The first-order valence-corrected chi connectivity index (χ1v) is 15.6. The second-order valence-corrected chi connectivity index (χ2v) is 13.0. The van der Waals surface area contributed by atoms with Crippen LogP contribution in [0.2, 0.25) is 0 Å². The van der Waals surface area contributed by atoms with Crippen LogP contribution in [-0.4, -0.2) is 36.3 Å². The first-order chi connectivity index (χ1) is 19.3. The number of hydrogen-bond donors (Lipinski definition) is 3. The van der Waals surface area contributed by atoms with Crippen molar-refractivity contribution < 1.29 is 8.42 Å². The van der Waals surface area contributed by atoms with E-state index in [9.17, 15) is 13.2 Å². The van der Waals surface area contributed by atoms with Crippen molar-refractivity contribution in [2.45, 2.75) is 49.2 Å². The molecule has 0 saturated heterocycles. The van der Waals surface area contributed by atoms with Gasteiger partial charge in [-0.2, -0.15) is 0 Å². The summed E-state index contributed by atoms with van der Waals surface area (Å²) in [6.45, 7) is 0.851. The quantitative estimate of drug-likeness (QED) is 0.243. The molecular weight excluding hydrogens is 520 g/mol. The highest BCUT2D eigenvalue weighted by Gasteiger charge is 2.23. The van der Waals surface area contributed by atoms with E-state index >= 15 is 0 Å². The molecule has 40 heavy (non-hydrogen) atoms. The molecule has 0 aliphatic heterocycles. The molecule has 0 amide bonds. The van der Waals surface area contributed by atoms with Crippen molar-refractivity contribution in [3.63, 3.8) is 0 Å². The molecule has 1 aliphatic rings. The van der Waals surface area contributed by atoms with E-state index in [1.54, 1.807) is 31.6 Å². The van der Waals surface area contributed by atoms with Crippen molar-refractivity contribution in [1.82, 2.24) is 14.9 Å². The molecule has 0 radical (unpaired) electrons. The standard InChI is InChI=1S/C32H34N4O3S/c1-36-20-29(27-15-16-33-31(27)32(36)37)28-18-26(40(2,38)39)13-14-30(28)35-25-11-9-24(10-12-25)34-19-21-7-8-22-5-3-4-6-23(22)17-21/h3-8,13-18,20,24-25,33-35H,9-12,19H2,1-2H3/t24-,25-. The van der Waals surface area contributed by atoms with E-state index in [1.165, 1.54) is 27.2 Å². The van der Waals surface area contributed by atoms with Crippen LogP contribution in [-0.2, 0) is 23.4 Å². The normalized spacial score (nSPS) is 17.9. The highest BCUT2D eigenvalue weighted by molar-refractivity contribution is 7.90. The number of anilines is 1. The average Bonchev–Trinajstić information content (AvgIpc) is 3.45. The van der Waals surface area contributed by atoms with Crippen LogP contribution in [0.25, 0.3) is 32.8 Å². The average molecular weight is 555 g/mol. The second kappa shape index (κ2) is 10.6. The fourth-order valence-electron chi connectivity index (χ4n) is 5.86. The Kier molecular flexibility index (Phi) is 6.98. The van der Waals surface area contributed by atoms with Crippen LogP contribution in [0.4, 0.5) is 5.69 Å². The Bertz CT molecular complexity index is 1860. The molecule has 3 N–H and O–H groups in total. The molecule has 206 valence electrons. The Labute approximate surface area is 234 Å². The molecule has 6 rings (SSSR count). The number of fused-ring (bicyclic) bond motifs is 2. The Balaban J connectivity index is 1.19. The summed E-state index contributed by atoms with van der Waals surface area (Å²) in [6.07, 6.45) is 8.89. The van der Waals surface area contributed by atoms with Gasteiger partial charge in [0.15, 0.2) is 9.84 Å². The van der Waals surface area contributed by atoms with E-state index in [0.717, 1.165) is 54.4 Å². The van der Waals surface area contributed by atoms with Crippen LogP contribution in [0, 0.1) is 0 Å². The van der Waals surface area contributed by atoms with Crippen molar-refractivity contribution in [2.75, 3.05) is 11.6 Å². The smallest absolute Gasteiger partial charge is 0.274 e. The Morgan fingerprint density at radius 2 is 1.65 bits per heavy atom. The maximum Gasteiger partial charge on any atom is 0.274 e. The van der Waals surface area contributed by atoms with Crippen molar-refractivity contribution in [2.24, 2.45) is 7.05 Å². The first-order valence-electron chi connectivity index (χ1n) is 13.7. The number of benzene rings is 3. The zero-order valence-corrected chi connectivity index (χ0v) is 23.6. The van der Waals surface area contributed by atoms with Gasteiger partial charge in [0, 0.05) is 66.5 Å². The van der Waals surface area contributed by atoms with Gasteiger partial charge in [-0.3, -0.25) is 4.79 Å². The van der Waals surface area contributed by atoms with E-state index in [2.05, 4.69) is 58.1 Å². The van der Waals surface area contributed by atoms with Crippen LogP contribution in [0.5, 0.6) is 0 Å². The van der Waals surface area contributed by atoms with Gasteiger partial charge in [-0.1, -0.05) is 36.4 Å². The van der Waals surface area contributed by atoms with E-state index in [1.807, 2.05) is 12.1 Å². The SMILES string of the molecule is Cn1cc(-c2cc(S(C)(=O)=O)ccc2N[C@H]2CC[C@H](NCc3ccc4ccccc4c3)CC2)c2cc[nH]c2c1=O. The van der Waals surface area contributed by atoms with Crippen molar-refractivity contribution in [1.29, 1.82) is 0 Å². The number of nitrogens with zero attached hydrogens (tertiary/aromatic N) is 1. The van der Waals surface area contributed by atoms with Gasteiger partial charge in [0.1, 0.15) is 5.52 Å². The molecule has 1 aliphatic carbocycles. The monoisotopic (exact) mass is 554 g/mol. The Hall–Kier alpha value is -3.88. The third-order valence-corrected chi connectivity index (χ3v) is 9.21. The van der Waals surface area contributed by atoms with Crippen LogP contribution in [0.15, 0.2) is 88.8 Å². The number of aromatic amines is 1. The fourth-order valence-corrected chi connectivity index (χ4v) is 6.51. The number of aryl methyl sites for hydroxylation is 1. The predicted octanol–water partition coefficient (Wildman–Crippen LogP) is 5.60. The lowest BCUT2D eigenvalue weighted by atomic mass is 9.90. The second-order valence-electron chi connectivity index (χ2n) is 11.0. The lowest BCUT2D eigenvalue weighted by Crippen LogP contribution is -2.36. The summed E-state index contributed by atoms with van der Waals surface area (Å²) in [5, 5.41) is 10.8. The molecule has 0 bridgehead atoms. The van der Waals surface area contributed by atoms with Crippen LogP contribution in [0.3, 0.4) is 0 Å². The molecule has 0 unspecified atom stereocenters. The summed E-state index contributed by atoms with van der Waals surface area (Å²) in [5.41, 5.74) is 4.15. The number of sulfone groups is 1. The van der Waals surface area contributed by atoms with Gasteiger partial charge in [0.05, 0.1) is 4.90 Å². The summed E-state index contributed by atoms with van der Waals surface area (Å²) >= 11 is 0. The molecular formula is C32H34N4O3S. The van der Waals surface area contributed by atoms with E-state index < -0.39 is 9.84 Å². The number of nitrogens with one attached hydrogen (secondary N) is 3. The molecule has 2 heterocycles. The topological polar surface area (TPSA) is 96.0 Å². The number of hydrogen-bond acceptors (Lipinski definition) is 5. The summed E-state index contributed by atoms with van der Waals surface area (Å²) in [5.74, 6) is 0. The van der Waals surface area contributed by atoms with Gasteiger partial charge in [-0.15, -0.1) is 0 Å². The molecule has 8 heteroatoms. The summed E-state index contributed by atoms with van der Waals surface area (Å²) < 4.78 is 26.4. The largest absolute Gasteiger partial charge is 0.382 e. The minimum atomic E-state index is -3.40. The van der Waals surface area contributed by atoms with Gasteiger partial charge in [-0.05, 0) is 72.4 Å². The van der Waals surface area contributed by atoms with Gasteiger partial charge in [0.25, 0.3) is 5.56 Å². The zero-order chi connectivity index (χ0) is 27.9. The van der Waals surface area contributed by atoms with Crippen LogP contribution in [0.1, 0.15) is 31.2 Å². The Morgan fingerprint density at radius 3 is 2.42 bits per heavy atom. The van der Waals surface area contributed by atoms with E-state index in [0.29, 0.717) is 11.6 Å². The zero-order valence-electron chi connectivity index (χ0n) is 22.8. The van der Waals surface area contributed by atoms with Crippen LogP contribution < -0.4 is 16.2 Å². The summed E-state index contributed by atoms with van der Waals surface area (Å²) in [4.78, 5) is 15.9. The molecule has 1 saturated carbocycles. The maximum absolute atomic E-state index is 12.6. The third-order valence-electron chi connectivity index (χ3n) is 8.10. The molecule has 1 fully saturated rings. The minimum absolute atomic E-state index is 0.118. The number of H-pyrrole nitrogens is 1. The van der Waals surface area contributed by atoms with Crippen LogP contribution >= 0.6 is 0 Å². The lowest BCUT2D eigenvalue weighted by Gasteiger charge is -2.31. The summed E-state index contributed by atoms with van der Waals surface area (Å²) in [6, 6.07) is 22.9. The van der Waals surface area contributed by atoms with Crippen molar-refractivity contribution in [3.05, 3.63) is 95.0 Å². The maximum atomic E-state index is 12.6. The highest BCUT2D eigenvalue weighted by atomic mass is 32.2. The van der Waals surface area contributed by atoms with Gasteiger partial charge in [0.2, 0.25) is 0 Å². The van der Waals surface area contributed by atoms with Gasteiger partial charge >= 0.3 is 0 Å². The lowest BCUT2D eigenvalue weighted by molar-refractivity contribution is 0.353. The van der Waals surface area contributed by atoms with Crippen molar-refractivity contribution >= 4 is 37.2 Å². The summed E-state index contributed by atoms with van der Waals surface area (Å²) in [7, 11) is -1.69. The van der Waals surface area contributed by atoms with Gasteiger partial charge < -0.3 is 20.2 Å². The molecule has 2 aromatic heterocycles. The van der Waals surface area contributed by atoms with E-state index in [-0.39, 0.29) is 16.5 Å². The van der Waals surface area contributed by atoms with E-state index in [4.69, 9.17) is 0 Å². The Morgan fingerprint density at radius 1 is 0.900 bits per heavy atom. The number of pyridine rings is 1. The predicted molar refractivity (Wildman–Crippen MR) is 163 cm³/mol. The molecule has 5 aromatic rings. The van der Waals surface area contributed by atoms with Gasteiger partial charge in [-0.25, -0.2) is 8.42 Å². The first kappa shape index (κ1) is 26.3. The molecule has 0 spiro atoms. The number of aromatic nitrogens is 2. The molecule has 7 nitrogen and oxygen atoms in total. The molecule has 3 aromatic carbocycles. The molecule has 0 atom stereocenters. The third kappa shape index (κ3) is 5.29. The van der Waals surface area contributed by atoms with Crippen molar-refractivity contribution in [3.8, 4) is 11.1 Å². The fraction of sp³-hybridized carbons (Fsp3) is 0.281. The number of rotatable bonds is 7.